The van der Waals surface area contributed by atoms with Crippen LogP contribution in [0.4, 0.5) is 5.13 Å². The highest BCUT2D eigenvalue weighted by Crippen LogP contribution is 2.36. The van der Waals surface area contributed by atoms with Crippen LogP contribution in [0.5, 0.6) is 5.75 Å². The van der Waals surface area contributed by atoms with Crippen LogP contribution >= 0.6 is 11.3 Å². The molecule has 0 atom stereocenters. The summed E-state index contributed by atoms with van der Waals surface area (Å²) in [5, 5.41) is 0.597. The van der Waals surface area contributed by atoms with Crippen LogP contribution in [0.25, 0.3) is 11.3 Å². The van der Waals surface area contributed by atoms with Gasteiger partial charge in [-0.25, -0.2) is 4.98 Å². The molecule has 0 bridgehead atoms. The molecule has 1 aromatic carbocycles. The number of aromatic nitrogens is 1. The number of rotatable bonds is 3. The number of nitrogen functional groups attached to an aromatic ring is 1. The Bertz CT molecular complexity index is 561. The molecule has 1 aromatic heterocycles. The highest BCUT2D eigenvalue weighted by atomic mass is 32.1. The summed E-state index contributed by atoms with van der Waals surface area (Å²) < 4.78 is 5.42. The lowest BCUT2D eigenvalue weighted by Gasteiger charge is -2.12. The maximum absolute atomic E-state index is 5.77. The molecule has 0 amide bonds. The van der Waals surface area contributed by atoms with Crippen LogP contribution < -0.4 is 10.5 Å². The number of anilines is 1. The van der Waals surface area contributed by atoms with E-state index in [1.165, 1.54) is 16.9 Å². The summed E-state index contributed by atoms with van der Waals surface area (Å²) in [4.78, 5) is 5.52. The molecule has 0 spiro atoms. The average Bonchev–Trinajstić information content (AvgIpc) is 2.67. The monoisotopic (exact) mass is 262 g/mol. The van der Waals surface area contributed by atoms with Crippen LogP contribution in [0.3, 0.4) is 0 Å². The highest BCUT2D eigenvalue weighted by Gasteiger charge is 2.14. The zero-order valence-electron chi connectivity index (χ0n) is 11.2. The molecule has 0 aliphatic heterocycles. The summed E-state index contributed by atoms with van der Waals surface area (Å²) in [7, 11) is 1.68. The van der Waals surface area contributed by atoms with Gasteiger partial charge in [0.05, 0.1) is 12.8 Å². The van der Waals surface area contributed by atoms with Gasteiger partial charge in [0.25, 0.3) is 0 Å². The van der Waals surface area contributed by atoms with E-state index in [1.807, 2.05) is 13.0 Å². The van der Waals surface area contributed by atoms with Gasteiger partial charge in [-0.3, -0.25) is 0 Å². The molecule has 0 radical (unpaired) electrons. The minimum absolute atomic E-state index is 0.478. The smallest absolute Gasteiger partial charge is 0.180 e. The number of nitrogens with two attached hydrogens (primary N) is 1. The zero-order chi connectivity index (χ0) is 13.3. The van der Waals surface area contributed by atoms with Crippen molar-refractivity contribution < 1.29 is 4.74 Å². The van der Waals surface area contributed by atoms with Gasteiger partial charge in [-0.05, 0) is 30.5 Å². The average molecular weight is 262 g/mol. The Balaban J connectivity index is 2.60. The lowest BCUT2D eigenvalue weighted by Crippen LogP contribution is -1.94. The van der Waals surface area contributed by atoms with E-state index >= 15 is 0 Å². The number of hydrogen-bond donors (Lipinski definition) is 1. The minimum Gasteiger partial charge on any atom is -0.496 e. The molecule has 2 N–H and O–H groups in total. The van der Waals surface area contributed by atoms with Crippen molar-refractivity contribution in [3.05, 3.63) is 28.6 Å². The number of benzene rings is 1. The number of thiazole rings is 1. The predicted molar refractivity (Wildman–Crippen MR) is 77.3 cm³/mol. The molecular weight excluding hydrogens is 244 g/mol. The Morgan fingerprint density at radius 1 is 1.33 bits per heavy atom. The zero-order valence-corrected chi connectivity index (χ0v) is 12.0. The third kappa shape index (κ3) is 2.34. The molecule has 0 aliphatic rings. The highest BCUT2D eigenvalue weighted by molar-refractivity contribution is 7.15. The third-order valence-electron chi connectivity index (χ3n) is 2.96. The lowest BCUT2D eigenvalue weighted by atomic mass is 9.98. The fourth-order valence-electron chi connectivity index (χ4n) is 1.94. The van der Waals surface area contributed by atoms with Crippen LogP contribution in [0, 0.1) is 6.92 Å². The van der Waals surface area contributed by atoms with Gasteiger partial charge in [-0.15, -0.1) is 11.3 Å². The molecule has 0 saturated carbocycles. The minimum atomic E-state index is 0.478. The Labute approximate surface area is 112 Å². The van der Waals surface area contributed by atoms with Gasteiger partial charge in [0.2, 0.25) is 0 Å². The summed E-state index contributed by atoms with van der Waals surface area (Å²) in [6, 6.07) is 6.24. The van der Waals surface area contributed by atoms with Crippen molar-refractivity contribution in [2.24, 2.45) is 0 Å². The first-order valence-corrected chi connectivity index (χ1v) is 6.75. The second-order valence-corrected chi connectivity index (χ2v) is 5.81. The van der Waals surface area contributed by atoms with Gasteiger partial charge in [0.15, 0.2) is 5.13 Å². The van der Waals surface area contributed by atoms with Crippen LogP contribution in [0.2, 0.25) is 0 Å². The molecule has 0 aliphatic carbocycles. The molecule has 0 saturated heterocycles. The van der Waals surface area contributed by atoms with Crippen LogP contribution in [0.15, 0.2) is 18.2 Å². The number of ether oxygens (including phenoxy) is 1. The fourth-order valence-corrected chi connectivity index (χ4v) is 2.64. The van der Waals surface area contributed by atoms with E-state index in [4.69, 9.17) is 10.5 Å². The third-order valence-corrected chi connectivity index (χ3v) is 3.76. The topological polar surface area (TPSA) is 48.1 Å². The van der Waals surface area contributed by atoms with E-state index in [0.717, 1.165) is 21.9 Å². The first-order valence-electron chi connectivity index (χ1n) is 5.94. The largest absolute Gasteiger partial charge is 0.496 e. The molecule has 0 fully saturated rings. The number of aryl methyl sites for hydroxylation is 1. The van der Waals surface area contributed by atoms with Crippen molar-refractivity contribution in [2.45, 2.75) is 26.7 Å². The van der Waals surface area contributed by atoms with Gasteiger partial charge >= 0.3 is 0 Å². The first-order chi connectivity index (χ1) is 8.52. The normalized spacial score (nSPS) is 10.9. The van der Waals surface area contributed by atoms with Gasteiger partial charge in [0, 0.05) is 10.4 Å². The lowest BCUT2D eigenvalue weighted by molar-refractivity contribution is 0.416. The molecule has 1 heterocycles. The molecular formula is C14H18N2OS. The summed E-state index contributed by atoms with van der Waals surface area (Å²) >= 11 is 1.51. The Hall–Kier alpha value is -1.55. The van der Waals surface area contributed by atoms with Gasteiger partial charge < -0.3 is 10.5 Å². The van der Waals surface area contributed by atoms with Gasteiger partial charge in [-0.1, -0.05) is 19.9 Å². The molecule has 2 rings (SSSR count). The fraction of sp³-hybridized carbons (Fsp3) is 0.357. The number of hydrogen-bond acceptors (Lipinski definition) is 4. The van der Waals surface area contributed by atoms with Gasteiger partial charge in [0.1, 0.15) is 5.75 Å². The predicted octanol–water partition coefficient (Wildman–Crippen LogP) is 3.83. The summed E-state index contributed by atoms with van der Waals surface area (Å²) in [5.74, 6) is 1.32. The Morgan fingerprint density at radius 3 is 2.56 bits per heavy atom. The standard InChI is InChI=1S/C14H18N2OS/c1-8(2)10-5-6-12(17-4)11(7-10)13-9(3)18-14(15)16-13/h5-8H,1-4H3,(H2,15,16). The molecule has 18 heavy (non-hydrogen) atoms. The maximum atomic E-state index is 5.77. The number of methoxy groups -OCH3 is 1. The SMILES string of the molecule is COc1ccc(C(C)C)cc1-c1nc(N)sc1C. The maximum Gasteiger partial charge on any atom is 0.180 e. The Kier molecular flexibility index (Phi) is 3.57. The first kappa shape index (κ1) is 12.9. The van der Waals surface area contributed by atoms with Crippen molar-refractivity contribution in [3.63, 3.8) is 0 Å². The van der Waals surface area contributed by atoms with Crippen molar-refractivity contribution in [2.75, 3.05) is 12.8 Å². The molecule has 0 unspecified atom stereocenters. The van der Waals surface area contributed by atoms with Crippen LogP contribution in [0.1, 0.15) is 30.2 Å². The van der Waals surface area contributed by atoms with E-state index in [-0.39, 0.29) is 0 Å². The summed E-state index contributed by atoms with van der Waals surface area (Å²) in [6.07, 6.45) is 0. The van der Waals surface area contributed by atoms with Crippen molar-refractivity contribution in [1.82, 2.24) is 4.98 Å². The van der Waals surface area contributed by atoms with Gasteiger partial charge in [-0.2, -0.15) is 0 Å². The van der Waals surface area contributed by atoms with E-state index in [1.54, 1.807) is 7.11 Å². The van der Waals surface area contributed by atoms with E-state index < -0.39 is 0 Å². The van der Waals surface area contributed by atoms with Crippen molar-refractivity contribution >= 4 is 16.5 Å². The van der Waals surface area contributed by atoms with Crippen molar-refractivity contribution in [3.8, 4) is 17.0 Å². The summed E-state index contributed by atoms with van der Waals surface area (Å²) in [6.45, 7) is 6.38. The van der Waals surface area contributed by atoms with E-state index in [9.17, 15) is 0 Å². The molecule has 2 aromatic rings. The van der Waals surface area contributed by atoms with Crippen LogP contribution in [-0.4, -0.2) is 12.1 Å². The van der Waals surface area contributed by atoms with E-state index in [0.29, 0.717) is 11.0 Å². The summed E-state index contributed by atoms with van der Waals surface area (Å²) in [5.41, 5.74) is 9.00. The quantitative estimate of drug-likeness (QED) is 0.914. The molecule has 96 valence electrons. The Morgan fingerprint density at radius 2 is 2.06 bits per heavy atom. The molecule has 4 heteroatoms. The second kappa shape index (κ2) is 4.98. The van der Waals surface area contributed by atoms with E-state index in [2.05, 4.69) is 31.0 Å². The molecule has 3 nitrogen and oxygen atoms in total. The second-order valence-electron chi connectivity index (χ2n) is 4.57. The number of nitrogens with zero attached hydrogens (tertiary/aromatic N) is 1. The van der Waals surface area contributed by atoms with Crippen molar-refractivity contribution in [1.29, 1.82) is 0 Å². The van der Waals surface area contributed by atoms with Crippen LogP contribution in [-0.2, 0) is 0 Å².